The average molecular weight is 460 g/mol. The summed E-state index contributed by atoms with van der Waals surface area (Å²) in [6.07, 6.45) is 14.9. The Morgan fingerprint density at radius 2 is 1.94 bits per heavy atom. The maximum atomic E-state index is 6.61. The van der Waals surface area contributed by atoms with Crippen molar-refractivity contribution in [2.75, 3.05) is 18.0 Å². The highest BCUT2D eigenvalue weighted by atomic mass is 32.2. The maximum absolute atomic E-state index is 6.61. The van der Waals surface area contributed by atoms with Crippen molar-refractivity contribution >= 4 is 17.6 Å². The molecule has 0 unspecified atom stereocenters. The van der Waals surface area contributed by atoms with Crippen molar-refractivity contribution in [1.29, 1.82) is 0 Å². The Hall–Kier alpha value is -3.24. The lowest BCUT2D eigenvalue weighted by Gasteiger charge is -2.41. The number of rotatable bonds is 4. The Morgan fingerprint density at radius 1 is 1.06 bits per heavy atom. The fraction of sp³-hybridized carbons (Fsp3) is 0.348. The van der Waals surface area contributed by atoms with Crippen LogP contribution in [0.1, 0.15) is 30.1 Å². The summed E-state index contributed by atoms with van der Waals surface area (Å²) in [5.74, 6) is 1.79. The molecule has 168 valence electrons. The molecule has 1 fully saturated rings. The second-order valence-electron chi connectivity index (χ2n) is 8.78. The number of anilines is 1. The Labute approximate surface area is 196 Å². The number of hydrogen-bond acceptors (Lipinski definition) is 8. The van der Waals surface area contributed by atoms with Crippen LogP contribution in [-0.2, 0) is 6.54 Å². The van der Waals surface area contributed by atoms with Crippen molar-refractivity contribution in [3.05, 3.63) is 66.9 Å². The summed E-state index contributed by atoms with van der Waals surface area (Å²) in [5, 5.41) is 5.30. The van der Waals surface area contributed by atoms with Gasteiger partial charge in [0.05, 0.1) is 24.1 Å². The summed E-state index contributed by atoms with van der Waals surface area (Å²) in [4.78, 5) is 21.5. The first-order chi connectivity index (χ1) is 16.1. The molecule has 0 amide bonds. The standard InChI is InChI=1S/C23H25N9S/c1-16-18(3-6-26-22(16)31-11-8-25-15-31)33-20-13-27-19(12-28-20)30-9-4-23(5-10-30)14-32-17(21(23)24)2-7-29-32/h2-3,6-8,11-13,15,21H,4-5,9-10,14,24H2,1H3/t21-/m1/s1. The van der Waals surface area contributed by atoms with Crippen LogP contribution in [0, 0.1) is 12.3 Å². The molecule has 1 spiro atoms. The van der Waals surface area contributed by atoms with Crippen molar-refractivity contribution in [3.63, 3.8) is 0 Å². The molecule has 0 bridgehead atoms. The van der Waals surface area contributed by atoms with Gasteiger partial charge in [-0.05, 0) is 31.9 Å². The zero-order chi connectivity index (χ0) is 22.4. The summed E-state index contributed by atoms with van der Waals surface area (Å²) in [7, 11) is 0. The summed E-state index contributed by atoms with van der Waals surface area (Å²) in [6.45, 7) is 4.84. The topological polar surface area (TPSA) is 104 Å². The molecule has 9 nitrogen and oxygen atoms in total. The van der Waals surface area contributed by atoms with E-state index in [2.05, 4.69) is 37.6 Å². The second kappa shape index (κ2) is 7.96. The Morgan fingerprint density at radius 3 is 2.67 bits per heavy atom. The molecule has 2 aliphatic heterocycles. The van der Waals surface area contributed by atoms with Gasteiger partial charge in [0.2, 0.25) is 0 Å². The van der Waals surface area contributed by atoms with Gasteiger partial charge in [-0.15, -0.1) is 0 Å². The van der Waals surface area contributed by atoms with E-state index in [1.165, 1.54) is 0 Å². The number of nitrogens with two attached hydrogens (primary N) is 1. The number of pyridine rings is 1. The minimum absolute atomic E-state index is 0.0582. The van der Waals surface area contributed by atoms with Crippen LogP contribution in [0.2, 0.25) is 0 Å². The highest BCUT2D eigenvalue weighted by Crippen LogP contribution is 2.47. The fourth-order valence-electron chi connectivity index (χ4n) is 5.00. The lowest BCUT2D eigenvalue weighted by molar-refractivity contribution is 0.170. The van der Waals surface area contributed by atoms with Crippen LogP contribution in [0.3, 0.4) is 0 Å². The zero-order valence-corrected chi connectivity index (χ0v) is 19.2. The van der Waals surface area contributed by atoms with Crippen molar-refractivity contribution in [1.82, 2.24) is 34.3 Å². The lowest BCUT2D eigenvalue weighted by Crippen LogP contribution is -2.45. The summed E-state index contributed by atoms with van der Waals surface area (Å²) in [6, 6.07) is 4.12. The maximum Gasteiger partial charge on any atom is 0.147 e. The van der Waals surface area contributed by atoms with E-state index in [-0.39, 0.29) is 11.5 Å². The van der Waals surface area contributed by atoms with Gasteiger partial charge in [-0.3, -0.25) is 9.25 Å². The second-order valence-corrected chi connectivity index (χ2v) is 9.85. The van der Waals surface area contributed by atoms with E-state index in [0.717, 1.165) is 65.3 Å². The van der Waals surface area contributed by atoms with Crippen LogP contribution in [0.25, 0.3) is 5.82 Å². The number of fused-ring (bicyclic) bond motifs is 1. The van der Waals surface area contributed by atoms with Crippen molar-refractivity contribution in [2.45, 2.75) is 42.3 Å². The quantitative estimate of drug-likeness (QED) is 0.497. The van der Waals surface area contributed by atoms with Crippen LogP contribution < -0.4 is 10.6 Å². The van der Waals surface area contributed by atoms with Crippen LogP contribution in [0.15, 0.2) is 65.6 Å². The predicted molar refractivity (Wildman–Crippen MR) is 125 cm³/mol. The number of hydrogen-bond donors (Lipinski definition) is 1. The molecule has 6 rings (SSSR count). The van der Waals surface area contributed by atoms with E-state index in [1.807, 2.05) is 41.6 Å². The first-order valence-electron chi connectivity index (χ1n) is 11.1. The normalized spacial score (nSPS) is 19.2. The first kappa shape index (κ1) is 20.4. The van der Waals surface area contributed by atoms with Gasteiger partial charge in [0, 0.05) is 60.3 Å². The van der Waals surface area contributed by atoms with Gasteiger partial charge >= 0.3 is 0 Å². The lowest BCUT2D eigenvalue weighted by atomic mass is 9.73. The SMILES string of the molecule is Cc1c(Sc2cnc(N3CCC4(CC3)Cn3nccc3[C@H]4N)cn2)ccnc1-n1ccnc1. The van der Waals surface area contributed by atoms with Crippen LogP contribution in [0.4, 0.5) is 5.82 Å². The Kier molecular flexibility index (Phi) is 4.92. The van der Waals surface area contributed by atoms with Gasteiger partial charge in [0.15, 0.2) is 0 Å². The number of aromatic nitrogens is 7. The van der Waals surface area contributed by atoms with Crippen LogP contribution in [0.5, 0.6) is 0 Å². The van der Waals surface area contributed by atoms with Gasteiger partial charge in [-0.2, -0.15) is 5.10 Å². The summed E-state index contributed by atoms with van der Waals surface area (Å²) < 4.78 is 3.99. The highest BCUT2D eigenvalue weighted by Gasteiger charge is 2.46. The van der Waals surface area contributed by atoms with Crippen LogP contribution >= 0.6 is 11.8 Å². The molecule has 6 heterocycles. The third-order valence-electron chi connectivity index (χ3n) is 6.98. The Balaban J connectivity index is 1.13. The van der Waals surface area contributed by atoms with Gasteiger partial charge in [0.1, 0.15) is 23.0 Å². The molecular weight excluding hydrogens is 434 g/mol. The molecule has 33 heavy (non-hydrogen) atoms. The smallest absolute Gasteiger partial charge is 0.147 e. The minimum atomic E-state index is 0.0582. The molecule has 0 aromatic carbocycles. The number of piperidine rings is 1. The molecule has 2 aliphatic rings. The first-order valence-corrected chi connectivity index (χ1v) is 11.9. The molecule has 4 aromatic heterocycles. The van der Waals surface area contributed by atoms with Gasteiger partial charge in [-0.25, -0.2) is 19.9 Å². The average Bonchev–Trinajstić information content (AvgIpc) is 3.57. The fourth-order valence-corrected chi connectivity index (χ4v) is 5.81. The van der Waals surface area contributed by atoms with E-state index < -0.39 is 0 Å². The number of nitrogens with zero attached hydrogens (tertiary/aromatic N) is 8. The minimum Gasteiger partial charge on any atom is -0.355 e. The van der Waals surface area contributed by atoms with Gasteiger partial charge in [0.25, 0.3) is 0 Å². The molecule has 0 saturated carbocycles. The van der Waals surface area contributed by atoms with Gasteiger partial charge < -0.3 is 10.6 Å². The molecule has 0 aliphatic carbocycles. The predicted octanol–water partition coefficient (Wildman–Crippen LogP) is 3.01. The highest BCUT2D eigenvalue weighted by molar-refractivity contribution is 7.99. The zero-order valence-electron chi connectivity index (χ0n) is 18.4. The largest absolute Gasteiger partial charge is 0.355 e. The molecule has 1 atom stereocenters. The molecule has 10 heteroatoms. The number of imidazole rings is 1. The van der Waals surface area contributed by atoms with Crippen molar-refractivity contribution < 1.29 is 0 Å². The van der Waals surface area contributed by atoms with E-state index in [1.54, 1.807) is 24.3 Å². The molecule has 1 saturated heterocycles. The third-order valence-corrected chi connectivity index (χ3v) is 8.06. The third kappa shape index (κ3) is 3.50. The van der Waals surface area contributed by atoms with Crippen LogP contribution in [-0.4, -0.2) is 47.4 Å². The molecular formula is C23H25N9S. The van der Waals surface area contributed by atoms with Gasteiger partial charge in [-0.1, -0.05) is 11.8 Å². The summed E-state index contributed by atoms with van der Waals surface area (Å²) >= 11 is 1.60. The molecule has 4 aromatic rings. The van der Waals surface area contributed by atoms with E-state index in [4.69, 9.17) is 15.7 Å². The summed E-state index contributed by atoms with van der Waals surface area (Å²) in [5.41, 5.74) is 8.96. The van der Waals surface area contributed by atoms with E-state index >= 15 is 0 Å². The van der Waals surface area contributed by atoms with E-state index in [0.29, 0.717) is 0 Å². The van der Waals surface area contributed by atoms with E-state index in [9.17, 15) is 0 Å². The molecule has 2 N–H and O–H groups in total. The molecule has 0 radical (unpaired) electrons. The van der Waals surface area contributed by atoms with Crippen molar-refractivity contribution in [3.8, 4) is 5.82 Å². The Bertz CT molecular complexity index is 1260. The van der Waals surface area contributed by atoms with Crippen molar-refractivity contribution in [2.24, 2.45) is 11.1 Å². The monoisotopic (exact) mass is 459 g/mol.